The first-order chi connectivity index (χ1) is 9.26. The molecule has 19 heavy (non-hydrogen) atoms. The molecule has 1 heterocycles. The molecule has 1 aromatic heterocycles. The van der Waals surface area contributed by atoms with Crippen molar-refractivity contribution in [2.75, 3.05) is 13.7 Å². The molecular weight excluding hydrogens is 244 g/mol. The average Bonchev–Trinajstić information content (AvgIpc) is 2.47. The molecule has 1 aliphatic rings. The predicted molar refractivity (Wildman–Crippen MR) is 70.4 cm³/mol. The molecule has 0 aliphatic heterocycles. The number of aromatic nitrogens is 2. The monoisotopic (exact) mass is 260 g/mol. The molecule has 5 nitrogen and oxygen atoms in total. The third-order valence-corrected chi connectivity index (χ3v) is 2.87. The van der Waals surface area contributed by atoms with E-state index in [0.29, 0.717) is 19.0 Å². The summed E-state index contributed by atoms with van der Waals surface area (Å²) in [5.74, 6) is -0.504. The lowest BCUT2D eigenvalue weighted by Crippen LogP contribution is -2.20. The van der Waals surface area contributed by atoms with Crippen LogP contribution in [0, 0.1) is 5.92 Å². The molecule has 1 unspecified atom stereocenters. The van der Waals surface area contributed by atoms with Crippen LogP contribution in [0.4, 0.5) is 0 Å². The van der Waals surface area contributed by atoms with E-state index in [-0.39, 0.29) is 11.9 Å². The van der Waals surface area contributed by atoms with E-state index in [1.165, 1.54) is 7.11 Å². The van der Waals surface area contributed by atoms with Crippen LogP contribution >= 0.6 is 0 Å². The summed E-state index contributed by atoms with van der Waals surface area (Å²) in [7, 11) is 1.51. The summed E-state index contributed by atoms with van der Waals surface area (Å²) in [4.78, 5) is 20.1. The fraction of sp³-hybridized carbons (Fsp3) is 0.357. The Morgan fingerprint density at radius 2 is 2.16 bits per heavy atom. The minimum absolute atomic E-state index is 0.214. The summed E-state index contributed by atoms with van der Waals surface area (Å²) in [6.07, 6.45) is 9.73. The Bertz CT molecular complexity index is 506. The van der Waals surface area contributed by atoms with Crippen molar-refractivity contribution in [1.29, 1.82) is 0 Å². The Hall–Kier alpha value is -2.17. The number of allylic oxidation sites excluding steroid dienone is 3. The molecule has 100 valence electrons. The van der Waals surface area contributed by atoms with Gasteiger partial charge in [0, 0.05) is 18.0 Å². The van der Waals surface area contributed by atoms with Crippen LogP contribution in [0.3, 0.4) is 0 Å². The first kappa shape index (κ1) is 13.3. The van der Waals surface area contributed by atoms with Gasteiger partial charge in [-0.1, -0.05) is 18.2 Å². The van der Waals surface area contributed by atoms with E-state index < -0.39 is 0 Å². The van der Waals surface area contributed by atoms with Crippen LogP contribution in [-0.2, 0) is 9.53 Å². The van der Waals surface area contributed by atoms with Crippen LogP contribution in [0.25, 0.3) is 5.57 Å². The van der Waals surface area contributed by atoms with Crippen molar-refractivity contribution < 1.29 is 14.3 Å². The SMILES string of the molecule is CCOC(=O)C1CC=CC=C1c1cnc(OC)nc1. The molecule has 1 aliphatic carbocycles. The predicted octanol–water partition coefficient (Wildman–Crippen LogP) is 2.01. The molecule has 0 spiro atoms. The van der Waals surface area contributed by atoms with Crippen LogP contribution < -0.4 is 4.74 Å². The van der Waals surface area contributed by atoms with Crippen LogP contribution in [-0.4, -0.2) is 29.7 Å². The largest absolute Gasteiger partial charge is 0.467 e. The Kier molecular flexibility index (Phi) is 4.28. The maximum absolute atomic E-state index is 11.9. The average molecular weight is 260 g/mol. The minimum Gasteiger partial charge on any atom is -0.467 e. The molecule has 2 rings (SSSR count). The summed E-state index contributed by atoms with van der Waals surface area (Å²) >= 11 is 0. The number of esters is 1. The van der Waals surface area contributed by atoms with Gasteiger partial charge in [0.05, 0.1) is 19.6 Å². The molecule has 0 aromatic carbocycles. The summed E-state index contributed by atoms with van der Waals surface area (Å²) in [6.45, 7) is 2.18. The molecule has 0 saturated heterocycles. The van der Waals surface area contributed by atoms with Crippen molar-refractivity contribution in [2.24, 2.45) is 5.92 Å². The van der Waals surface area contributed by atoms with E-state index in [2.05, 4.69) is 9.97 Å². The highest BCUT2D eigenvalue weighted by Gasteiger charge is 2.26. The lowest BCUT2D eigenvalue weighted by Gasteiger charge is -2.19. The van der Waals surface area contributed by atoms with Gasteiger partial charge in [-0.05, 0) is 18.9 Å². The molecule has 0 radical (unpaired) electrons. The van der Waals surface area contributed by atoms with Gasteiger partial charge in [0.2, 0.25) is 0 Å². The highest BCUT2D eigenvalue weighted by Crippen LogP contribution is 2.30. The lowest BCUT2D eigenvalue weighted by atomic mass is 9.88. The van der Waals surface area contributed by atoms with E-state index in [4.69, 9.17) is 9.47 Å². The van der Waals surface area contributed by atoms with Gasteiger partial charge in [-0.25, -0.2) is 9.97 Å². The highest BCUT2D eigenvalue weighted by atomic mass is 16.5. The van der Waals surface area contributed by atoms with E-state index in [9.17, 15) is 4.79 Å². The molecule has 0 fully saturated rings. The van der Waals surface area contributed by atoms with Crippen molar-refractivity contribution in [3.63, 3.8) is 0 Å². The molecule has 0 bridgehead atoms. The fourth-order valence-corrected chi connectivity index (χ4v) is 1.96. The normalized spacial score (nSPS) is 17.8. The number of carbonyl (C=O) groups is 1. The van der Waals surface area contributed by atoms with Crippen molar-refractivity contribution >= 4 is 11.5 Å². The quantitative estimate of drug-likeness (QED) is 0.775. The summed E-state index contributed by atoms with van der Waals surface area (Å²) in [5, 5.41) is 0. The van der Waals surface area contributed by atoms with Crippen LogP contribution in [0.2, 0.25) is 0 Å². The van der Waals surface area contributed by atoms with Gasteiger partial charge in [-0.3, -0.25) is 4.79 Å². The van der Waals surface area contributed by atoms with E-state index in [0.717, 1.165) is 11.1 Å². The second-order valence-corrected chi connectivity index (χ2v) is 4.05. The van der Waals surface area contributed by atoms with E-state index in [1.54, 1.807) is 19.3 Å². The second-order valence-electron chi connectivity index (χ2n) is 4.05. The Labute approximate surface area is 112 Å². The minimum atomic E-state index is -0.290. The molecule has 0 saturated carbocycles. The van der Waals surface area contributed by atoms with Gasteiger partial charge in [-0.2, -0.15) is 0 Å². The van der Waals surface area contributed by atoms with Crippen molar-refractivity contribution in [2.45, 2.75) is 13.3 Å². The second kappa shape index (κ2) is 6.13. The Balaban J connectivity index is 2.25. The first-order valence-electron chi connectivity index (χ1n) is 6.16. The molecule has 5 heteroatoms. The standard InChI is InChI=1S/C14H16N2O3/c1-3-19-13(17)12-7-5-4-6-11(12)10-8-15-14(18-2)16-9-10/h4-6,8-9,12H,3,7H2,1-2H3. The summed E-state index contributed by atoms with van der Waals surface area (Å²) < 4.78 is 10.0. The molecule has 1 atom stereocenters. The summed E-state index contributed by atoms with van der Waals surface area (Å²) in [6, 6.07) is 0.309. The Morgan fingerprint density at radius 3 is 2.79 bits per heavy atom. The number of hydrogen-bond donors (Lipinski definition) is 0. The fourth-order valence-electron chi connectivity index (χ4n) is 1.96. The number of carbonyl (C=O) groups excluding carboxylic acids is 1. The molecule has 0 amide bonds. The first-order valence-corrected chi connectivity index (χ1v) is 6.16. The van der Waals surface area contributed by atoms with Gasteiger partial charge < -0.3 is 9.47 Å². The molecular formula is C14H16N2O3. The van der Waals surface area contributed by atoms with E-state index >= 15 is 0 Å². The zero-order valence-corrected chi connectivity index (χ0v) is 11.0. The van der Waals surface area contributed by atoms with Crippen LogP contribution in [0.5, 0.6) is 6.01 Å². The van der Waals surface area contributed by atoms with E-state index in [1.807, 2.05) is 18.2 Å². The topological polar surface area (TPSA) is 61.3 Å². The van der Waals surface area contributed by atoms with Crippen molar-refractivity contribution in [1.82, 2.24) is 9.97 Å². The van der Waals surface area contributed by atoms with Gasteiger partial charge >= 0.3 is 12.0 Å². The van der Waals surface area contributed by atoms with Crippen LogP contribution in [0.15, 0.2) is 30.6 Å². The number of rotatable bonds is 4. The zero-order valence-electron chi connectivity index (χ0n) is 11.0. The number of nitrogens with zero attached hydrogens (tertiary/aromatic N) is 2. The maximum Gasteiger partial charge on any atom is 0.316 e. The molecule has 1 aromatic rings. The third-order valence-electron chi connectivity index (χ3n) is 2.87. The summed E-state index contributed by atoms with van der Waals surface area (Å²) in [5.41, 5.74) is 1.69. The third kappa shape index (κ3) is 2.99. The smallest absolute Gasteiger partial charge is 0.316 e. The highest BCUT2D eigenvalue weighted by molar-refractivity contribution is 5.89. The zero-order chi connectivity index (χ0) is 13.7. The maximum atomic E-state index is 11.9. The van der Waals surface area contributed by atoms with Crippen molar-refractivity contribution in [3.8, 4) is 6.01 Å². The van der Waals surface area contributed by atoms with Gasteiger partial charge in [-0.15, -0.1) is 0 Å². The number of ether oxygens (including phenoxy) is 2. The Morgan fingerprint density at radius 1 is 1.42 bits per heavy atom. The van der Waals surface area contributed by atoms with Gasteiger partial charge in [0.15, 0.2) is 0 Å². The van der Waals surface area contributed by atoms with Gasteiger partial charge in [0.1, 0.15) is 0 Å². The van der Waals surface area contributed by atoms with Crippen molar-refractivity contribution in [3.05, 3.63) is 36.2 Å². The van der Waals surface area contributed by atoms with Crippen LogP contribution in [0.1, 0.15) is 18.9 Å². The number of hydrogen-bond acceptors (Lipinski definition) is 5. The van der Waals surface area contributed by atoms with Gasteiger partial charge in [0.25, 0.3) is 0 Å². The number of methoxy groups -OCH3 is 1. The lowest BCUT2D eigenvalue weighted by molar-refractivity contribution is -0.145. The molecule has 0 N–H and O–H groups in total.